The Morgan fingerprint density at radius 1 is 1.36 bits per heavy atom. The molecule has 0 aromatic heterocycles. The number of benzene rings is 1. The average molecular weight is 338 g/mol. The summed E-state index contributed by atoms with van der Waals surface area (Å²) >= 11 is 0. The number of allylic oxidation sites excluding steroid dienone is 3. The van der Waals surface area contributed by atoms with E-state index in [0.29, 0.717) is 24.2 Å². The molecule has 3 rings (SSSR count). The molecule has 1 aliphatic carbocycles. The highest BCUT2D eigenvalue weighted by atomic mass is 16.5. The lowest BCUT2D eigenvalue weighted by Gasteiger charge is -2.37. The van der Waals surface area contributed by atoms with Crippen LogP contribution in [0.1, 0.15) is 43.7 Å². The summed E-state index contributed by atoms with van der Waals surface area (Å²) in [4.78, 5) is 12.9. The van der Waals surface area contributed by atoms with Gasteiger partial charge in [0.2, 0.25) is 5.88 Å². The fourth-order valence-electron chi connectivity index (χ4n) is 3.70. The van der Waals surface area contributed by atoms with Gasteiger partial charge in [-0.1, -0.05) is 26.0 Å². The fraction of sp³-hybridized carbons (Fsp3) is 0.400. The first kappa shape index (κ1) is 17.1. The molecule has 0 spiro atoms. The predicted molar refractivity (Wildman–Crippen MR) is 93.4 cm³/mol. The second-order valence-electron chi connectivity index (χ2n) is 7.43. The van der Waals surface area contributed by atoms with E-state index in [-0.39, 0.29) is 22.7 Å². The largest absolute Gasteiger partial charge is 0.496 e. The van der Waals surface area contributed by atoms with Crippen molar-refractivity contribution in [2.75, 3.05) is 7.11 Å². The molecular formula is C20H22N2O3. The predicted octanol–water partition coefficient (Wildman–Crippen LogP) is 3.45. The van der Waals surface area contributed by atoms with Crippen LogP contribution in [-0.2, 0) is 9.53 Å². The minimum Gasteiger partial charge on any atom is -0.496 e. The van der Waals surface area contributed by atoms with Gasteiger partial charge in [0.15, 0.2) is 5.78 Å². The number of hydrogen-bond acceptors (Lipinski definition) is 5. The zero-order chi connectivity index (χ0) is 18.4. The third-order valence-corrected chi connectivity index (χ3v) is 4.83. The summed E-state index contributed by atoms with van der Waals surface area (Å²) in [6.07, 6.45) is 1.05. The first-order valence-corrected chi connectivity index (χ1v) is 8.26. The normalized spacial score (nSPS) is 22.2. The number of ketones is 1. The van der Waals surface area contributed by atoms with Crippen LogP contribution in [0.2, 0.25) is 0 Å². The van der Waals surface area contributed by atoms with E-state index in [1.165, 1.54) is 0 Å². The maximum atomic E-state index is 12.9. The minimum atomic E-state index is -0.484. The van der Waals surface area contributed by atoms with Gasteiger partial charge in [-0.3, -0.25) is 4.79 Å². The number of aryl methyl sites for hydroxylation is 1. The zero-order valence-corrected chi connectivity index (χ0v) is 15.0. The van der Waals surface area contributed by atoms with Crippen LogP contribution in [0.3, 0.4) is 0 Å². The molecule has 130 valence electrons. The molecule has 2 aliphatic rings. The van der Waals surface area contributed by atoms with Crippen LogP contribution in [0.25, 0.3) is 0 Å². The topological polar surface area (TPSA) is 85.3 Å². The highest BCUT2D eigenvalue weighted by Gasteiger charge is 2.42. The Kier molecular flexibility index (Phi) is 4.08. The molecule has 2 N–H and O–H groups in total. The molecule has 1 atom stereocenters. The molecule has 1 heterocycles. The number of hydrogen-bond donors (Lipinski definition) is 1. The highest BCUT2D eigenvalue weighted by Crippen LogP contribution is 2.48. The van der Waals surface area contributed by atoms with Gasteiger partial charge in [0, 0.05) is 18.4 Å². The van der Waals surface area contributed by atoms with E-state index < -0.39 is 5.92 Å². The van der Waals surface area contributed by atoms with Crippen molar-refractivity contribution in [3.05, 3.63) is 52.1 Å². The van der Waals surface area contributed by atoms with Crippen LogP contribution in [-0.4, -0.2) is 12.9 Å². The molecule has 0 fully saturated rings. The lowest BCUT2D eigenvalue weighted by atomic mass is 9.70. The minimum absolute atomic E-state index is 0.0185. The number of carbonyl (C=O) groups is 1. The second kappa shape index (κ2) is 5.96. The maximum absolute atomic E-state index is 12.9. The van der Waals surface area contributed by atoms with E-state index in [2.05, 4.69) is 6.07 Å². The monoisotopic (exact) mass is 338 g/mol. The van der Waals surface area contributed by atoms with Gasteiger partial charge >= 0.3 is 0 Å². The molecule has 1 aromatic carbocycles. The van der Waals surface area contributed by atoms with Gasteiger partial charge in [-0.05, 0) is 29.5 Å². The number of Topliss-reactive ketones (excluding diaryl/α,β-unsaturated/α-hetero) is 1. The maximum Gasteiger partial charge on any atom is 0.205 e. The van der Waals surface area contributed by atoms with Crippen LogP contribution >= 0.6 is 0 Å². The van der Waals surface area contributed by atoms with Crippen LogP contribution in [0, 0.1) is 23.7 Å². The van der Waals surface area contributed by atoms with Crippen molar-refractivity contribution in [2.45, 2.75) is 39.5 Å². The Hall–Kier alpha value is -2.74. The molecule has 5 heteroatoms. The van der Waals surface area contributed by atoms with Gasteiger partial charge < -0.3 is 15.2 Å². The van der Waals surface area contributed by atoms with Crippen LogP contribution in [0.15, 0.2) is 41.0 Å². The molecule has 5 nitrogen and oxygen atoms in total. The number of nitriles is 1. The molecule has 25 heavy (non-hydrogen) atoms. The Bertz CT molecular complexity index is 856. The first-order chi connectivity index (χ1) is 11.8. The van der Waals surface area contributed by atoms with E-state index in [1.54, 1.807) is 7.11 Å². The van der Waals surface area contributed by atoms with Crippen molar-refractivity contribution in [1.82, 2.24) is 0 Å². The lowest BCUT2D eigenvalue weighted by Crippen LogP contribution is -2.33. The smallest absolute Gasteiger partial charge is 0.205 e. The molecular weight excluding hydrogens is 316 g/mol. The Morgan fingerprint density at radius 2 is 2.08 bits per heavy atom. The Morgan fingerprint density at radius 3 is 2.68 bits per heavy atom. The highest BCUT2D eigenvalue weighted by molar-refractivity contribution is 6.00. The second-order valence-corrected chi connectivity index (χ2v) is 7.43. The van der Waals surface area contributed by atoms with Crippen molar-refractivity contribution < 1.29 is 14.3 Å². The number of nitrogens with two attached hydrogens (primary N) is 1. The summed E-state index contributed by atoms with van der Waals surface area (Å²) in [5, 5.41) is 9.62. The zero-order valence-electron chi connectivity index (χ0n) is 15.0. The van der Waals surface area contributed by atoms with Crippen molar-refractivity contribution in [3.63, 3.8) is 0 Å². The molecule has 1 aromatic rings. The summed E-state index contributed by atoms with van der Waals surface area (Å²) in [6, 6.07) is 7.81. The number of carbonyl (C=O) groups excluding carboxylic acids is 1. The Balaban J connectivity index is 2.18. The van der Waals surface area contributed by atoms with E-state index >= 15 is 0 Å². The summed E-state index contributed by atoms with van der Waals surface area (Å²) in [5.41, 5.74) is 8.48. The third-order valence-electron chi connectivity index (χ3n) is 4.83. The van der Waals surface area contributed by atoms with E-state index in [9.17, 15) is 10.1 Å². The molecule has 0 saturated heterocycles. The van der Waals surface area contributed by atoms with Gasteiger partial charge in [0.25, 0.3) is 0 Å². The van der Waals surface area contributed by atoms with Crippen LogP contribution in [0.4, 0.5) is 0 Å². The number of ether oxygens (including phenoxy) is 2. The lowest BCUT2D eigenvalue weighted by molar-refractivity contribution is -0.119. The van der Waals surface area contributed by atoms with E-state index in [4.69, 9.17) is 15.2 Å². The number of rotatable bonds is 2. The molecule has 0 unspecified atom stereocenters. The average Bonchev–Trinajstić information content (AvgIpc) is 2.52. The molecule has 0 amide bonds. The van der Waals surface area contributed by atoms with Crippen molar-refractivity contribution in [3.8, 4) is 11.8 Å². The third kappa shape index (κ3) is 2.89. The summed E-state index contributed by atoms with van der Waals surface area (Å²) in [5.74, 6) is 0.977. The van der Waals surface area contributed by atoms with Crippen LogP contribution < -0.4 is 10.5 Å². The number of methoxy groups -OCH3 is 1. The summed E-state index contributed by atoms with van der Waals surface area (Å²) < 4.78 is 11.0. The Labute approximate surface area is 147 Å². The molecule has 0 radical (unpaired) electrons. The van der Waals surface area contributed by atoms with Gasteiger partial charge in [0.05, 0.1) is 13.0 Å². The SMILES string of the molecule is COc1ccc([C@H]2C(C#N)=C(N)OC3=C2C(=O)CC(C)(C)C3)cc1C. The van der Waals surface area contributed by atoms with Crippen molar-refractivity contribution >= 4 is 5.78 Å². The molecule has 0 saturated carbocycles. The fourth-order valence-corrected chi connectivity index (χ4v) is 3.70. The van der Waals surface area contributed by atoms with Gasteiger partial charge in [-0.25, -0.2) is 0 Å². The molecule has 1 aliphatic heterocycles. The van der Waals surface area contributed by atoms with Gasteiger partial charge in [-0.2, -0.15) is 5.26 Å². The summed E-state index contributed by atoms with van der Waals surface area (Å²) in [7, 11) is 1.61. The quantitative estimate of drug-likeness (QED) is 0.892. The molecule has 0 bridgehead atoms. The van der Waals surface area contributed by atoms with Gasteiger partial charge in [-0.15, -0.1) is 0 Å². The van der Waals surface area contributed by atoms with E-state index in [1.807, 2.05) is 39.0 Å². The standard InChI is InChI=1S/C20H22N2O3/c1-11-7-12(5-6-15(11)24-4)17-13(10-21)19(22)25-16-9-20(2,3)8-14(23)18(16)17/h5-7,17H,8-9,22H2,1-4H3/t17-/m0/s1. The first-order valence-electron chi connectivity index (χ1n) is 8.26. The van der Waals surface area contributed by atoms with Crippen molar-refractivity contribution in [2.24, 2.45) is 11.1 Å². The van der Waals surface area contributed by atoms with Gasteiger partial charge in [0.1, 0.15) is 23.2 Å². The van der Waals surface area contributed by atoms with Crippen LogP contribution in [0.5, 0.6) is 5.75 Å². The summed E-state index contributed by atoms with van der Waals surface area (Å²) in [6.45, 7) is 6.00. The van der Waals surface area contributed by atoms with Crippen molar-refractivity contribution in [1.29, 1.82) is 5.26 Å². The van der Waals surface area contributed by atoms with E-state index in [0.717, 1.165) is 16.9 Å². The number of nitrogens with zero attached hydrogens (tertiary/aromatic N) is 1.